The van der Waals surface area contributed by atoms with Gasteiger partial charge in [-0.25, -0.2) is 0 Å². The summed E-state index contributed by atoms with van der Waals surface area (Å²) in [6.45, 7) is 0. The number of hydrogen-bond donors (Lipinski definition) is 3. The molecule has 5 heteroatoms. The number of H-pyrrole nitrogens is 1. The topological polar surface area (TPSA) is 87.8 Å². The van der Waals surface area contributed by atoms with Crippen molar-refractivity contribution >= 4 is 16.7 Å². The van der Waals surface area contributed by atoms with Crippen LogP contribution in [0.15, 0.2) is 48.5 Å². The smallest absolute Gasteiger partial charge is 0.115 e. The molecule has 0 unspecified atom stereocenters. The van der Waals surface area contributed by atoms with Crippen LogP contribution in [0.3, 0.4) is 0 Å². The van der Waals surface area contributed by atoms with Gasteiger partial charge in [-0.2, -0.15) is 15.4 Å². The van der Waals surface area contributed by atoms with Crippen LogP contribution >= 0.6 is 0 Å². The van der Waals surface area contributed by atoms with Crippen molar-refractivity contribution in [1.29, 1.82) is 0 Å². The second kappa shape index (κ2) is 4.98. The lowest BCUT2D eigenvalue weighted by Gasteiger charge is -1.89. The standard InChI is InChI=1S/C6H5N3.C6H7NO/c1-2-4-6-5(3-1)7-9-8-6;7-5-1-3-6(8)4-2-5/h1-4H,(H,7,8,9);1-4,8H,7H2. The van der Waals surface area contributed by atoms with E-state index >= 15 is 0 Å². The van der Waals surface area contributed by atoms with E-state index in [9.17, 15) is 0 Å². The van der Waals surface area contributed by atoms with Crippen LogP contribution < -0.4 is 5.73 Å². The predicted molar refractivity (Wildman–Crippen MR) is 66.4 cm³/mol. The number of para-hydroxylation sites is 2. The number of rotatable bonds is 0. The number of aromatic hydroxyl groups is 1. The molecule has 4 N–H and O–H groups in total. The number of phenolic OH excluding ortho intramolecular Hbond substituents is 1. The lowest BCUT2D eigenvalue weighted by atomic mass is 10.3. The van der Waals surface area contributed by atoms with Crippen molar-refractivity contribution in [1.82, 2.24) is 15.4 Å². The molecule has 0 amide bonds. The van der Waals surface area contributed by atoms with E-state index in [0.29, 0.717) is 5.69 Å². The van der Waals surface area contributed by atoms with Gasteiger partial charge in [0, 0.05) is 5.69 Å². The van der Waals surface area contributed by atoms with Gasteiger partial charge in [-0.05, 0) is 36.4 Å². The fourth-order valence-corrected chi connectivity index (χ4v) is 1.26. The third-order valence-corrected chi connectivity index (χ3v) is 2.12. The normalized spacial score (nSPS) is 9.65. The molecule has 0 fully saturated rings. The Morgan fingerprint density at radius 1 is 0.882 bits per heavy atom. The number of anilines is 1. The molecule has 3 aromatic rings. The zero-order valence-electron chi connectivity index (χ0n) is 9.04. The maximum Gasteiger partial charge on any atom is 0.115 e. The second-order valence-corrected chi connectivity index (χ2v) is 3.40. The van der Waals surface area contributed by atoms with Gasteiger partial charge in [0.25, 0.3) is 0 Å². The minimum Gasteiger partial charge on any atom is -0.508 e. The van der Waals surface area contributed by atoms with Gasteiger partial charge < -0.3 is 10.8 Å². The van der Waals surface area contributed by atoms with Crippen LogP contribution in [0.1, 0.15) is 0 Å². The summed E-state index contributed by atoms with van der Waals surface area (Å²) >= 11 is 0. The summed E-state index contributed by atoms with van der Waals surface area (Å²) in [5, 5.41) is 19.0. The molecule has 0 atom stereocenters. The molecule has 0 bridgehead atoms. The van der Waals surface area contributed by atoms with Crippen LogP contribution in [0.4, 0.5) is 5.69 Å². The first-order chi connectivity index (χ1) is 8.25. The van der Waals surface area contributed by atoms with E-state index in [2.05, 4.69) is 15.4 Å². The fraction of sp³-hybridized carbons (Fsp3) is 0. The lowest BCUT2D eigenvalue weighted by molar-refractivity contribution is 0.475. The van der Waals surface area contributed by atoms with E-state index < -0.39 is 0 Å². The molecule has 1 aromatic heterocycles. The van der Waals surface area contributed by atoms with Gasteiger partial charge in [0.1, 0.15) is 16.8 Å². The molecule has 0 aliphatic rings. The van der Waals surface area contributed by atoms with Crippen molar-refractivity contribution < 1.29 is 5.11 Å². The van der Waals surface area contributed by atoms with Gasteiger partial charge in [0.15, 0.2) is 0 Å². The first-order valence-corrected chi connectivity index (χ1v) is 5.06. The van der Waals surface area contributed by atoms with Crippen molar-refractivity contribution in [2.24, 2.45) is 0 Å². The third kappa shape index (κ3) is 2.94. The maximum absolute atomic E-state index is 8.70. The second-order valence-electron chi connectivity index (χ2n) is 3.40. The summed E-state index contributed by atoms with van der Waals surface area (Å²) in [5.41, 5.74) is 7.81. The number of hydrogen-bond acceptors (Lipinski definition) is 4. The zero-order valence-corrected chi connectivity index (χ0v) is 9.04. The van der Waals surface area contributed by atoms with Gasteiger partial charge in [0.2, 0.25) is 0 Å². The molecule has 17 heavy (non-hydrogen) atoms. The van der Waals surface area contributed by atoms with Crippen LogP contribution in [-0.4, -0.2) is 20.5 Å². The van der Waals surface area contributed by atoms with Gasteiger partial charge in [0.05, 0.1) is 0 Å². The van der Waals surface area contributed by atoms with E-state index in [-0.39, 0.29) is 5.75 Å². The number of phenols is 1. The van der Waals surface area contributed by atoms with Crippen LogP contribution in [0.5, 0.6) is 5.75 Å². The molecule has 0 saturated carbocycles. The van der Waals surface area contributed by atoms with Crippen molar-refractivity contribution in [2.45, 2.75) is 0 Å². The van der Waals surface area contributed by atoms with E-state index in [1.54, 1.807) is 24.3 Å². The summed E-state index contributed by atoms with van der Waals surface area (Å²) < 4.78 is 0. The quantitative estimate of drug-likeness (QED) is 0.405. The summed E-state index contributed by atoms with van der Waals surface area (Å²) in [6, 6.07) is 14.1. The van der Waals surface area contributed by atoms with Gasteiger partial charge in [-0.15, -0.1) is 0 Å². The lowest BCUT2D eigenvalue weighted by Crippen LogP contribution is -1.80. The first kappa shape index (κ1) is 10.9. The fourth-order valence-electron chi connectivity index (χ4n) is 1.26. The van der Waals surface area contributed by atoms with Crippen molar-refractivity contribution in [3.63, 3.8) is 0 Å². The van der Waals surface area contributed by atoms with Crippen molar-refractivity contribution in [2.75, 3.05) is 5.73 Å². The highest BCUT2D eigenvalue weighted by molar-refractivity contribution is 5.72. The molecule has 0 aliphatic carbocycles. The molecule has 3 rings (SSSR count). The molecule has 1 heterocycles. The molecule has 0 saturated heterocycles. The number of benzene rings is 2. The summed E-state index contributed by atoms with van der Waals surface area (Å²) in [6.07, 6.45) is 0. The first-order valence-electron chi connectivity index (χ1n) is 5.06. The number of nitrogen functional groups attached to an aromatic ring is 1. The molecule has 0 radical (unpaired) electrons. The van der Waals surface area contributed by atoms with Gasteiger partial charge >= 0.3 is 0 Å². The molecule has 0 spiro atoms. The van der Waals surface area contributed by atoms with Crippen LogP contribution in [-0.2, 0) is 0 Å². The summed E-state index contributed by atoms with van der Waals surface area (Å²) in [4.78, 5) is 0. The molecular formula is C12H12N4O. The minimum absolute atomic E-state index is 0.249. The molecular weight excluding hydrogens is 216 g/mol. The number of nitrogens with two attached hydrogens (primary N) is 1. The number of aromatic amines is 1. The van der Waals surface area contributed by atoms with Gasteiger partial charge in [-0.3, -0.25) is 0 Å². The Kier molecular flexibility index (Phi) is 3.20. The van der Waals surface area contributed by atoms with Crippen LogP contribution in [0.25, 0.3) is 11.0 Å². The number of nitrogens with one attached hydrogen (secondary N) is 1. The Balaban J connectivity index is 0.000000128. The Morgan fingerprint density at radius 3 is 1.88 bits per heavy atom. The Morgan fingerprint density at radius 2 is 1.41 bits per heavy atom. The molecule has 2 aromatic carbocycles. The average Bonchev–Trinajstić information content (AvgIpc) is 2.82. The molecule has 5 nitrogen and oxygen atoms in total. The van der Waals surface area contributed by atoms with E-state index in [1.807, 2.05) is 24.3 Å². The minimum atomic E-state index is 0.249. The van der Waals surface area contributed by atoms with E-state index in [1.165, 1.54) is 0 Å². The van der Waals surface area contributed by atoms with E-state index in [4.69, 9.17) is 10.8 Å². The summed E-state index contributed by atoms with van der Waals surface area (Å²) in [7, 11) is 0. The van der Waals surface area contributed by atoms with Crippen LogP contribution in [0, 0.1) is 0 Å². The predicted octanol–water partition coefficient (Wildman–Crippen LogP) is 1.93. The van der Waals surface area contributed by atoms with Crippen LogP contribution in [0.2, 0.25) is 0 Å². The Bertz CT molecular complexity index is 538. The zero-order chi connectivity index (χ0) is 12.1. The molecule has 0 aliphatic heterocycles. The average molecular weight is 228 g/mol. The monoisotopic (exact) mass is 228 g/mol. The van der Waals surface area contributed by atoms with E-state index in [0.717, 1.165) is 11.0 Å². The summed E-state index contributed by atoms with van der Waals surface area (Å²) in [5.74, 6) is 0.249. The SMILES string of the molecule is Nc1ccc(O)cc1.c1ccc2n[nH]nc2c1. The van der Waals surface area contributed by atoms with Crippen molar-refractivity contribution in [3.05, 3.63) is 48.5 Å². The highest BCUT2D eigenvalue weighted by Crippen LogP contribution is 2.09. The highest BCUT2D eigenvalue weighted by Gasteiger charge is 1.90. The largest absolute Gasteiger partial charge is 0.508 e. The number of fused-ring (bicyclic) bond motifs is 1. The Hall–Kier alpha value is -2.56. The molecule has 86 valence electrons. The Labute approximate surface area is 97.9 Å². The number of nitrogens with zero attached hydrogens (tertiary/aromatic N) is 2. The van der Waals surface area contributed by atoms with Gasteiger partial charge in [-0.1, -0.05) is 12.1 Å². The highest BCUT2D eigenvalue weighted by atomic mass is 16.3. The third-order valence-electron chi connectivity index (χ3n) is 2.12. The van der Waals surface area contributed by atoms with Crippen molar-refractivity contribution in [3.8, 4) is 5.75 Å². The maximum atomic E-state index is 8.70. The number of aromatic nitrogens is 3.